The van der Waals surface area contributed by atoms with Gasteiger partial charge < -0.3 is 0 Å². The fourth-order valence-corrected chi connectivity index (χ4v) is 5.03. The molecule has 0 bridgehead atoms. The summed E-state index contributed by atoms with van der Waals surface area (Å²) < 4.78 is 5.33. The minimum absolute atomic E-state index is 0.643. The Morgan fingerprint density at radius 3 is 1.26 bits per heavy atom. The highest BCUT2D eigenvalue weighted by atomic mass is 16.6. The minimum atomic E-state index is 0.643. The maximum atomic E-state index is 5.33. The van der Waals surface area contributed by atoms with Crippen molar-refractivity contribution in [1.82, 2.24) is 15.3 Å². The quantitative estimate of drug-likeness (QED) is 0.236. The summed E-state index contributed by atoms with van der Waals surface area (Å²) in [5.74, 6) is 0. The van der Waals surface area contributed by atoms with Crippen molar-refractivity contribution in [2.24, 2.45) is 0 Å². The van der Waals surface area contributed by atoms with Gasteiger partial charge in [-0.05, 0) is 38.1 Å². The van der Waals surface area contributed by atoms with E-state index in [1.807, 2.05) is 42.5 Å². The van der Waals surface area contributed by atoms with E-state index in [1.165, 1.54) is 11.1 Å². The van der Waals surface area contributed by atoms with E-state index in [2.05, 4.69) is 107 Å². The highest BCUT2D eigenvalue weighted by Crippen LogP contribution is 2.40. The molecule has 0 aliphatic heterocycles. The third-order valence-electron chi connectivity index (χ3n) is 7.00. The van der Waals surface area contributed by atoms with Crippen molar-refractivity contribution in [2.45, 2.75) is 0 Å². The summed E-state index contributed by atoms with van der Waals surface area (Å²) in [6, 6.07) is 47.8. The lowest BCUT2D eigenvalue weighted by Gasteiger charge is -2.13. The molecular weight excluding hydrogens is 478 g/mol. The molecule has 2 heterocycles. The number of benzene rings is 5. The number of fused-ring (bicyclic) bond motifs is 1. The highest BCUT2D eigenvalue weighted by molar-refractivity contribution is 6.04. The monoisotopic (exact) mass is 501 g/mol. The van der Waals surface area contributed by atoms with Crippen LogP contribution in [-0.2, 0) is 0 Å². The number of pyridine rings is 1. The predicted octanol–water partition coefficient (Wildman–Crippen LogP) is 8.95. The van der Waals surface area contributed by atoms with Crippen molar-refractivity contribution in [3.05, 3.63) is 140 Å². The summed E-state index contributed by atoms with van der Waals surface area (Å²) in [6.07, 6.45) is 0. The van der Waals surface area contributed by atoms with Crippen LogP contribution in [0.25, 0.3) is 66.9 Å². The zero-order valence-corrected chi connectivity index (χ0v) is 21.0. The zero-order chi connectivity index (χ0) is 26.0. The normalized spacial score (nSPS) is 11.1. The Labute approximate surface area is 226 Å². The molecule has 4 nitrogen and oxygen atoms in total. The van der Waals surface area contributed by atoms with Gasteiger partial charge in [-0.25, -0.2) is 9.61 Å². The van der Waals surface area contributed by atoms with E-state index in [0.29, 0.717) is 11.0 Å². The molecule has 0 saturated heterocycles. The molecule has 7 rings (SSSR count). The fraction of sp³-hybridized carbons (Fsp3) is 0. The van der Waals surface area contributed by atoms with Gasteiger partial charge in [0.1, 0.15) is 11.2 Å². The first-order chi connectivity index (χ1) is 19.3. The van der Waals surface area contributed by atoms with Gasteiger partial charge in [-0.15, -0.1) is 0 Å². The van der Waals surface area contributed by atoms with E-state index in [9.17, 15) is 0 Å². The minimum Gasteiger partial charge on any atom is -0.245 e. The van der Waals surface area contributed by atoms with Crippen molar-refractivity contribution in [3.63, 3.8) is 0 Å². The molecule has 0 fully saturated rings. The zero-order valence-electron chi connectivity index (χ0n) is 21.0. The molecule has 7 aromatic rings. The molecule has 0 unspecified atom stereocenters. The van der Waals surface area contributed by atoms with Crippen LogP contribution in [0.3, 0.4) is 0 Å². The summed E-state index contributed by atoms with van der Waals surface area (Å²) in [6.45, 7) is 0. The molecule has 0 aliphatic carbocycles. The first-order valence-electron chi connectivity index (χ1n) is 12.9. The molecule has 0 N–H and O–H groups in total. The smallest absolute Gasteiger partial charge is 0.162 e. The van der Waals surface area contributed by atoms with Crippen LogP contribution >= 0.6 is 0 Å². The molecule has 0 aliphatic rings. The van der Waals surface area contributed by atoms with Gasteiger partial charge in [0.25, 0.3) is 0 Å². The summed E-state index contributed by atoms with van der Waals surface area (Å²) in [5.41, 5.74) is 11.4. The van der Waals surface area contributed by atoms with Crippen LogP contribution in [0.2, 0.25) is 0 Å². The average molecular weight is 502 g/mol. The van der Waals surface area contributed by atoms with Crippen LogP contribution in [0.5, 0.6) is 0 Å². The standard InChI is InChI=1S/C35H23N3O/c1-4-10-24(11-5-1)26-16-20-28(21-17-26)31-32(29-14-8-3-9-15-29)36-33(35-34(31)37-39-38-35)30-22-18-27(19-23-30)25-12-6-2-7-13-25/h1-23H. The molecule has 0 spiro atoms. The molecule has 5 aromatic carbocycles. The van der Waals surface area contributed by atoms with Gasteiger partial charge in [-0.2, -0.15) is 0 Å². The number of aromatic nitrogens is 3. The Kier molecular flexibility index (Phi) is 5.76. The Hall–Kier alpha value is -5.35. The molecule has 0 atom stereocenters. The van der Waals surface area contributed by atoms with E-state index >= 15 is 0 Å². The number of rotatable bonds is 5. The Bertz CT molecular complexity index is 1860. The Morgan fingerprint density at radius 2 is 0.718 bits per heavy atom. The third-order valence-corrected chi connectivity index (χ3v) is 7.00. The molecule has 0 radical (unpaired) electrons. The molecular formula is C35H23N3O. The van der Waals surface area contributed by atoms with Crippen molar-refractivity contribution in [1.29, 1.82) is 0 Å². The third kappa shape index (κ3) is 4.28. The van der Waals surface area contributed by atoms with Gasteiger partial charge in [0.05, 0.1) is 5.69 Å². The summed E-state index contributed by atoms with van der Waals surface area (Å²) in [5, 5.41) is 8.70. The van der Waals surface area contributed by atoms with E-state index in [4.69, 9.17) is 9.61 Å². The lowest BCUT2D eigenvalue weighted by atomic mass is 9.94. The Morgan fingerprint density at radius 1 is 0.333 bits per heavy atom. The van der Waals surface area contributed by atoms with Gasteiger partial charge in [0, 0.05) is 16.7 Å². The maximum absolute atomic E-state index is 5.33. The van der Waals surface area contributed by atoms with Crippen LogP contribution < -0.4 is 0 Å². The first-order valence-corrected chi connectivity index (χ1v) is 12.9. The van der Waals surface area contributed by atoms with E-state index in [1.54, 1.807) is 0 Å². The second-order valence-corrected chi connectivity index (χ2v) is 9.40. The van der Waals surface area contributed by atoms with Crippen LogP contribution in [-0.4, -0.2) is 15.3 Å². The van der Waals surface area contributed by atoms with Gasteiger partial charge in [-0.3, -0.25) is 0 Å². The summed E-state index contributed by atoms with van der Waals surface area (Å²) in [4.78, 5) is 5.21. The first kappa shape index (κ1) is 22.8. The second kappa shape index (κ2) is 9.84. The fourth-order valence-electron chi connectivity index (χ4n) is 5.03. The number of hydrogen-bond acceptors (Lipinski definition) is 4. The topological polar surface area (TPSA) is 51.8 Å². The van der Waals surface area contributed by atoms with E-state index in [0.717, 1.165) is 44.8 Å². The van der Waals surface area contributed by atoms with Crippen molar-refractivity contribution >= 4 is 11.0 Å². The van der Waals surface area contributed by atoms with Crippen LogP contribution in [0.1, 0.15) is 0 Å². The maximum Gasteiger partial charge on any atom is 0.162 e. The number of hydrogen-bond donors (Lipinski definition) is 0. The molecule has 4 heteroatoms. The van der Waals surface area contributed by atoms with Gasteiger partial charge >= 0.3 is 0 Å². The highest BCUT2D eigenvalue weighted by Gasteiger charge is 2.22. The van der Waals surface area contributed by atoms with Gasteiger partial charge in [0.15, 0.2) is 5.52 Å². The van der Waals surface area contributed by atoms with Crippen LogP contribution in [0.15, 0.2) is 144 Å². The predicted molar refractivity (Wildman–Crippen MR) is 157 cm³/mol. The van der Waals surface area contributed by atoms with Gasteiger partial charge in [-0.1, -0.05) is 140 Å². The molecule has 184 valence electrons. The van der Waals surface area contributed by atoms with Crippen LogP contribution in [0.4, 0.5) is 0 Å². The summed E-state index contributed by atoms with van der Waals surface area (Å²) >= 11 is 0. The van der Waals surface area contributed by atoms with Crippen molar-refractivity contribution in [3.8, 4) is 55.9 Å². The molecule has 39 heavy (non-hydrogen) atoms. The lowest BCUT2D eigenvalue weighted by Crippen LogP contribution is -1.96. The van der Waals surface area contributed by atoms with Crippen LogP contribution in [0, 0.1) is 0 Å². The van der Waals surface area contributed by atoms with Crippen molar-refractivity contribution < 1.29 is 4.63 Å². The van der Waals surface area contributed by atoms with Crippen molar-refractivity contribution in [2.75, 3.05) is 0 Å². The average Bonchev–Trinajstić information content (AvgIpc) is 3.52. The Balaban J connectivity index is 1.39. The largest absolute Gasteiger partial charge is 0.245 e. The second-order valence-electron chi connectivity index (χ2n) is 9.40. The molecule has 2 aromatic heterocycles. The lowest BCUT2D eigenvalue weighted by molar-refractivity contribution is 0.315. The SMILES string of the molecule is c1ccc(-c2ccc(-c3nc(-c4ccccc4)c(-c4ccc(-c5ccccc5)cc4)c4nonc34)cc2)cc1. The molecule has 0 saturated carbocycles. The summed E-state index contributed by atoms with van der Waals surface area (Å²) in [7, 11) is 0. The van der Waals surface area contributed by atoms with Gasteiger partial charge in [0.2, 0.25) is 0 Å². The van der Waals surface area contributed by atoms with E-state index < -0.39 is 0 Å². The number of nitrogens with zero attached hydrogens (tertiary/aromatic N) is 3. The molecule has 0 amide bonds. The van der Waals surface area contributed by atoms with E-state index in [-0.39, 0.29) is 0 Å².